The fourth-order valence-electron chi connectivity index (χ4n) is 1.64. The largest absolute Gasteiger partial charge is 0.453 e. The molecule has 2 rings (SSSR count). The van der Waals surface area contributed by atoms with Crippen molar-refractivity contribution in [2.75, 3.05) is 13.1 Å². The molecule has 17 heavy (non-hydrogen) atoms. The molecule has 2 aromatic rings. The van der Waals surface area contributed by atoms with E-state index in [1.807, 2.05) is 25.1 Å². The summed E-state index contributed by atoms with van der Waals surface area (Å²) in [5.74, 6) is 2.70. The number of carbonyl (C=O) groups is 1. The molecule has 3 heteroatoms. The number of carbonyl (C=O) groups excluding carboxylic acids is 1. The Morgan fingerprint density at radius 1 is 1.47 bits per heavy atom. The zero-order chi connectivity index (χ0) is 12.3. The SMILES string of the molecule is C#CCNCC(=O)c1cc2cc(C)ccc2o1. The molecule has 0 saturated heterocycles. The first-order valence-corrected chi connectivity index (χ1v) is 5.38. The van der Waals surface area contributed by atoms with Gasteiger partial charge in [0.25, 0.3) is 0 Å². The Hall–Kier alpha value is -2.05. The van der Waals surface area contributed by atoms with E-state index in [0.717, 1.165) is 16.5 Å². The lowest BCUT2D eigenvalue weighted by Gasteiger charge is -1.96. The molecule has 1 N–H and O–H groups in total. The second-order valence-corrected chi connectivity index (χ2v) is 3.88. The van der Waals surface area contributed by atoms with Crippen molar-refractivity contribution in [2.45, 2.75) is 6.92 Å². The van der Waals surface area contributed by atoms with Crippen molar-refractivity contribution in [1.29, 1.82) is 0 Å². The lowest BCUT2D eigenvalue weighted by molar-refractivity contribution is 0.0968. The predicted octanol–water partition coefficient (Wildman–Crippen LogP) is 2.15. The van der Waals surface area contributed by atoms with Gasteiger partial charge in [-0.15, -0.1) is 6.42 Å². The molecule has 1 aromatic heterocycles. The van der Waals surface area contributed by atoms with E-state index in [4.69, 9.17) is 10.8 Å². The summed E-state index contributed by atoms with van der Waals surface area (Å²) in [4.78, 5) is 11.7. The molecular formula is C14H13NO2. The molecular weight excluding hydrogens is 214 g/mol. The van der Waals surface area contributed by atoms with Crippen molar-refractivity contribution in [1.82, 2.24) is 5.32 Å². The van der Waals surface area contributed by atoms with Crippen LogP contribution in [0.3, 0.4) is 0 Å². The van der Waals surface area contributed by atoms with Gasteiger partial charge in [0.1, 0.15) is 5.58 Å². The second-order valence-electron chi connectivity index (χ2n) is 3.88. The standard InChI is InChI=1S/C14H13NO2/c1-3-6-15-9-12(16)14-8-11-7-10(2)4-5-13(11)17-14/h1,4-5,7-8,15H,6,9H2,2H3. The molecule has 0 fully saturated rings. The third-order valence-electron chi connectivity index (χ3n) is 2.46. The molecule has 0 aliphatic carbocycles. The lowest BCUT2D eigenvalue weighted by Crippen LogP contribution is -2.22. The number of nitrogens with one attached hydrogen (secondary N) is 1. The summed E-state index contributed by atoms with van der Waals surface area (Å²) >= 11 is 0. The Bertz CT molecular complexity index is 590. The first-order valence-electron chi connectivity index (χ1n) is 5.38. The van der Waals surface area contributed by atoms with Crippen LogP contribution in [0.25, 0.3) is 11.0 Å². The number of fused-ring (bicyclic) bond motifs is 1. The van der Waals surface area contributed by atoms with Crippen molar-refractivity contribution in [2.24, 2.45) is 0 Å². The van der Waals surface area contributed by atoms with Crippen molar-refractivity contribution in [3.05, 3.63) is 35.6 Å². The van der Waals surface area contributed by atoms with Crippen LogP contribution in [0.1, 0.15) is 16.1 Å². The van der Waals surface area contributed by atoms with Crippen LogP contribution in [0.15, 0.2) is 28.7 Å². The molecule has 0 aliphatic rings. The van der Waals surface area contributed by atoms with Gasteiger partial charge in [-0.3, -0.25) is 10.1 Å². The number of terminal acetylenes is 1. The number of hydrogen-bond donors (Lipinski definition) is 1. The Morgan fingerprint density at radius 3 is 3.06 bits per heavy atom. The highest BCUT2D eigenvalue weighted by atomic mass is 16.3. The Morgan fingerprint density at radius 2 is 2.29 bits per heavy atom. The van der Waals surface area contributed by atoms with Gasteiger partial charge in [0.15, 0.2) is 5.76 Å². The van der Waals surface area contributed by atoms with Gasteiger partial charge >= 0.3 is 0 Å². The normalized spacial score (nSPS) is 10.4. The summed E-state index contributed by atoms with van der Waals surface area (Å²) in [6.45, 7) is 2.58. The van der Waals surface area contributed by atoms with E-state index in [-0.39, 0.29) is 12.3 Å². The second kappa shape index (κ2) is 4.86. The van der Waals surface area contributed by atoms with E-state index >= 15 is 0 Å². The van der Waals surface area contributed by atoms with Gasteiger partial charge in [-0.05, 0) is 25.1 Å². The zero-order valence-corrected chi connectivity index (χ0v) is 9.62. The lowest BCUT2D eigenvalue weighted by atomic mass is 10.2. The van der Waals surface area contributed by atoms with E-state index in [1.165, 1.54) is 0 Å². The first kappa shape index (κ1) is 11.4. The van der Waals surface area contributed by atoms with Crippen LogP contribution in [-0.4, -0.2) is 18.9 Å². The highest BCUT2D eigenvalue weighted by Crippen LogP contribution is 2.20. The van der Waals surface area contributed by atoms with E-state index in [0.29, 0.717) is 12.3 Å². The number of benzene rings is 1. The molecule has 0 aliphatic heterocycles. The van der Waals surface area contributed by atoms with Gasteiger partial charge in [0, 0.05) is 5.39 Å². The molecule has 0 radical (unpaired) electrons. The number of rotatable bonds is 4. The summed E-state index contributed by atoms with van der Waals surface area (Å²) in [5.41, 5.74) is 1.87. The van der Waals surface area contributed by atoms with Gasteiger partial charge in [-0.25, -0.2) is 0 Å². The summed E-state index contributed by atoms with van der Waals surface area (Å²) in [7, 11) is 0. The average Bonchev–Trinajstić information content (AvgIpc) is 2.72. The van der Waals surface area contributed by atoms with Crippen molar-refractivity contribution in [3.8, 4) is 12.3 Å². The van der Waals surface area contributed by atoms with Crippen LogP contribution in [0.5, 0.6) is 0 Å². The zero-order valence-electron chi connectivity index (χ0n) is 9.62. The third-order valence-corrected chi connectivity index (χ3v) is 2.46. The summed E-state index contributed by atoms with van der Waals surface area (Å²) in [5, 5.41) is 3.79. The number of ketones is 1. The van der Waals surface area contributed by atoms with E-state index in [2.05, 4.69) is 11.2 Å². The van der Waals surface area contributed by atoms with Gasteiger partial charge in [-0.1, -0.05) is 17.6 Å². The van der Waals surface area contributed by atoms with Crippen molar-refractivity contribution < 1.29 is 9.21 Å². The monoisotopic (exact) mass is 227 g/mol. The van der Waals surface area contributed by atoms with Gasteiger partial charge in [-0.2, -0.15) is 0 Å². The molecule has 0 bridgehead atoms. The fourth-order valence-corrected chi connectivity index (χ4v) is 1.64. The predicted molar refractivity (Wildman–Crippen MR) is 67.0 cm³/mol. The van der Waals surface area contributed by atoms with Crippen LogP contribution < -0.4 is 5.32 Å². The summed E-state index contributed by atoms with van der Waals surface area (Å²) in [6, 6.07) is 7.58. The Kier molecular flexibility index (Phi) is 3.27. The topological polar surface area (TPSA) is 42.2 Å². The number of hydrogen-bond acceptors (Lipinski definition) is 3. The molecule has 1 heterocycles. The highest BCUT2D eigenvalue weighted by molar-refractivity contribution is 5.98. The summed E-state index contributed by atoms with van der Waals surface area (Å²) in [6.07, 6.45) is 5.08. The fraction of sp³-hybridized carbons (Fsp3) is 0.214. The maximum absolute atomic E-state index is 11.7. The minimum absolute atomic E-state index is 0.0888. The van der Waals surface area contributed by atoms with Crippen LogP contribution in [-0.2, 0) is 0 Å². The Balaban J connectivity index is 2.19. The van der Waals surface area contributed by atoms with E-state index in [9.17, 15) is 4.79 Å². The quantitative estimate of drug-likeness (QED) is 0.494. The maximum atomic E-state index is 11.7. The molecule has 0 saturated carbocycles. The summed E-state index contributed by atoms with van der Waals surface area (Å²) < 4.78 is 5.47. The minimum Gasteiger partial charge on any atom is -0.453 e. The average molecular weight is 227 g/mol. The van der Waals surface area contributed by atoms with Crippen LogP contribution in [0.4, 0.5) is 0 Å². The Labute approximate surface area is 99.8 Å². The highest BCUT2D eigenvalue weighted by Gasteiger charge is 2.11. The molecule has 0 spiro atoms. The maximum Gasteiger partial charge on any atom is 0.211 e. The van der Waals surface area contributed by atoms with Gasteiger partial charge in [0.2, 0.25) is 5.78 Å². The van der Waals surface area contributed by atoms with Crippen LogP contribution in [0.2, 0.25) is 0 Å². The van der Waals surface area contributed by atoms with Gasteiger partial charge < -0.3 is 4.42 Å². The van der Waals surface area contributed by atoms with Crippen molar-refractivity contribution >= 4 is 16.8 Å². The smallest absolute Gasteiger partial charge is 0.211 e. The molecule has 0 atom stereocenters. The molecule has 0 unspecified atom stereocenters. The minimum atomic E-state index is -0.0888. The van der Waals surface area contributed by atoms with Crippen LogP contribution in [0, 0.1) is 19.3 Å². The van der Waals surface area contributed by atoms with Crippen LogP contribution >= 0.6 is 0 Å². The van der Waals surface area contributed by atoms with E-state index < -0.39 is 0 Å². The molecule has 1 aromatic carbocycles. The first-order chi connectivity index (χ1) is 8.20. The van der Waals surface area contributed by atoms with Gasteiger partial charge in [0.05, 0.1) is 13.1 Å². The number of aryl methyl sites for hydroxylation is 1. The molecule has 3 nitrogen and oxygen atoms in total. The van der Waals surface area contributed by atoms with E-state index in [1.54, 1.807) is 6.07 Å². The molecule has 0 amide bonds. The number of Topliss-reactive ketones (excluding diaryl/α,β-unsaturated/α-hetero) is 1. The molecule has 86 valence electrons. The number of furan rings is 1. The van der Waals surface area contributed by atoms with Crippen molar-refractivity contribution in [3.63, 3.8) is 0 Å². The third kappa shape index (κ3) is 2.55.